The highest BCUT2D eigenvalue weighted by Gasteiger charge is 2.14. The molecule has 0 radical (unpaired) electrons. The van der Waals surface area contributed by atoms with Crippen LogP contribution >= 0.6 is 23.2 Å². The van der Waals surface area contributed by atoms with Gasteiger partial charge in [-0.25, -0.2) is 0 Å². The molecule has 0 heterocycles. The number of rotatable bonds is 2. The van der Waals surface area contributed by atoms with Gasteiger partial charge < -0.3 is 0 Å². The predicted molar refractivity (Wildman–Crippen MR) is 68.5 cm³/mol. The lowest BCUT2D eigenvalue weighted by molar-refractivity contribution is -0.387. The van der Waals surface area contributed by atoms with Crippen LogP contribution < -0.4 is 0 Å². The Kier molecular flexibility index (Phi) is 3.50. The van der Waals surface area contributed by atoms with E-state index in [0.29, 0.717) is 21.2 Å². The highest BCUT2D eigenvalue weighted by molar-refractivity contribution is 6.42. The van der Waals surface area contributed by atoms with E-state index in [2.05, 4.69) is 0 Å². The summed E-state index contributed by atoms with van der Waals surface area (Å²) in [5.41, 5.74) is 0.577. The molecule has 92 valence electrons. The van der Waals surface area contributed by atoms with Crippen LogP contribution in [0.25, 0.3) is 11.1 Å². The van der Waals surface area contributed by atoms with E-state index in [1.165, 1.54) is 6.07 Å². The van der Waals surface area contributed by atoms with Gasteiger partial charge in [0.15, 0.2) is 0 Å². The summed E-state index contributed by atoms with van der Waals surface area (Å²) in [5, 5.41) is 11.2. The van der Waals surface area contributed by atoms with Gasteiger partial charge in [0, 0.05) is 6.07 Å². The first-order valence-electron chi connectivity index (χ1n) is 4.88. The minimum absolute atomic E-state index is 0.341. The molecule has 0 aromatic heterocycles. The smallest absolute Gasteiger partial charge is 0.258 e. The molecule has 0 N–H and O–H groups in total. The first-order chi connectivity index (χ1) is 8.49. The first kappa shape index (κ1) is 12.8. The normalized spacial score (nSPS) is 10.4. The molecule has 0 atom stereocenters. The van der Waals surface area contributed by atoms with Gasteiger partial charge in [-0.15, -0.1) is 0 Å². The summed E-state index contributed by atoms with van der Waals surface area (Å²) in [4.78, 5) is 9.73. The molecule has 0 aliphatic carbocycles. The standard InChI is InChI=1S/C12H6Cl2FNO2/c13-9-3-1-7(5-10(9)14)8-2-4-12(16(17)18)11(15)6-8/h1-6H. The van der Waals surface area contributed by atoms with E-state index in [0.717, 1.165) is 12.1 Å². The third-order valence-electron chi connectivity index (χ3n) is 2.40. The second-order valence-corrected chi connectivity index (χ2v) is 4.37. The Morgan fingerprint density at radius 2 is 1.61 bits per heavy atom. The average Bonchev–Trinajstić information content (AvgIpc) is 2.32. The number of nitro groups is 1. The largest absolute Gasteiger partial charge is 0.304 e. The van der Waals surface area contributed by atoms with Crippen LogP contribution in [0, 0.1) is 15.9 Å². The first-order valence-corrected chi connectivity index (χ1v) is 5.64. The van der Waals surface area contributed by atoms with Gasteiger partial charge in [-0.2, -0.15) is 4.39 Å². The zero-order chi connectivity index (χ0) is 13.3. The van der Waals surface area contributed by atoms with Crippen LogP contribution in [-0.4, -0.2) is 4.92 Å². The molecule has 0 saturated carbocycles. The van der Waals surface area contributed by atoms with Gasteiger partial charge in [-0.05, 0) is 35.4 Å². The Hall–Kier alpha value is -1.65. The van der Waals surface area contributed by atoms with Gasteiger partial charge in [0.2, 0.25) is 5.82 Å². The second kappa shape index (κ2) is 4.92. The Bertz CT molecular complexity index is 631. The predicted octanol–water partition coefficient (Wildman–Crippen LogP) is 4.71. The Labute approximate surface area is 112 Å². The fourth-order valence-corrected chi connectivity index (χ4v) is 1.81. The maximum absolute atomic E-state index is 13.5. The molecule has 18 heavy (non-hydrogen) atoms. The second-order valence-electron chi connectivity index (χ2n) is 3.55. The quantitative estimate of drug-likeness (QED) is 0.592. The number of hydrogen-bond donors (Lipinski definition) is 0. The molecule has 2 aromatic rings. The van der Waals surface area contributed by atoms with Crippen LogP contribution in [0.5, 0.6) is 0 Å². The van der Waals surface area contributed by atoms with Crippen LogP contribution in [0.3, 0.4) is 0 Å². The van der Waals surface area contributed by atoms with Gasteiger partial charge in [0.1, 0.15) is 0 Å². The van der Waals surface area contributed by atoms with E-state index < -0.39 is 16.4 Å². The molecule has 0 amide bonds. The van der Waals surface area contributed by atoms with Crippen molar-refractivity contribution in [2.24, 2.45) is 0 Å². The van der Waals surface area contributed by atoms with Gasteiger partial charge >= 0.3 is 5.69 Å². The number of hydrogen-bond acceptors (Lipinski definition) is 2. The minimum atomic E-state index is -0.886. The lowest BCUT2D eigenvalue weighted by atomic mass is 10.1. The molecule has 0 fully saturated rings. The molecular weight excluding hydrogens is 280 g/mol. The van der Waals surface area contributed by atoms with Crippen LogP contribution in [0.15, 0.2) is 36.4 Å². The zero-order valence-electron chi connectivity index (χ0n) is 8.86. The number of nitrogens with zero attached hydrogens (tertiary/aromatic N) is 1. The molecule has 0 bridgehead atoms. The topological polar surface area (TPSA) is 43.1 Å². The minimum Gasteiger partial charge on any atom is -0.258 e. The molecule has 2 aromatic carbocycles. The van der Waals surface area contributed by atoms with Crippen molar-refractivity contribution in [2.75, 3.05) is 0 Å². The fourth-order valence-electron chi connectivity index (χ4n) is 1.51. The van der Waals surface area contributed by atoms with Crippen molar-refractivity contribution in [3.63, 3.8) is 0 Å². The summed E-state index contributed by atoms with van der Waals surface area (Å²) in [6.07, 6.45) is 0. The summed E-state index contributed by atoms with van der Waals surface area (Å²) < 4.78 is 13.5. The third-order valence-corrected chi connectivity index (χ3v) is 3.14. The molecule has 0 saturated heterocycles. The molecular formula is C12H6Cl2FNO2. The van der Waals surface area contributed by atoms with Crippen molar-refractivity contribution >= 4 is 28.9 Å². The van der Waals surface area contributed by atoms with Gasteiger partial charge in [0.05, 0.1) is 15.0 Å². The van der Waals surface area contributed by atoms with Crippen molar-refractivity contribution in [3.8, 4) is 11.1 Å². The van der Waals surface area contributed by atoms with Crippen molar-refractivity contribution in [2.45, 2.75) is 0 Å². The maximum atomic E-state index is 13.5. The van der Waals surface area contributed by atoms with Crippen LogP contribution in [-0.2, 0) is 0 Å². The van der Waals surface area contributed by atoms with Gasteiger partial charge in [0.25, 0.3) is 0 Å². The van der Waals surface area contributed by atoms with Gasteiger partial charge in [-0.3, -0.25) is 10.1 Å². The van der Waals surface area contributed by atoms with Crippen molar-refractivity contribution in [1.29, 1.82) is 0 Å². The highest BCUT2D eigenvalue weighted by Crippen LogP contribution is 2.30. The van der Waals surface area contributed by atoms with Crippen LogP contribution in [0.4, 0.5) is 10.1 Å². The third kappa shape index (κ3) is 2.44. The molecule has 0 aliphatic heterocycles. The van der Waals surface area contributed by atoms with Crippen molar-refractivity contribution < 1.29 is 9.31 Å². The number of halogens is 3. The Balaban J connectivity index is 2.48. The molecule has 3 nitrogen and oxygen atoms in total. The van der Waals surface area contributed by atoms with E-state index in [9.17, 15) is 14.5 Å². The summed E-state index contributed by atoms with van der Waals surface area (Å²) in [5.74, 6) is -0.886. The summed E-state index contributed by atoms with van der Waals surface area (Å²) in [6.45, 7) is 0. The van der Waals surface area contributed by atoms with Crippen molar-refractivity contribution in [3.05, 3.63) is 62.4 Å². The lowest BCUT2D eigenvalue weighted by Gasteiger charge is -2.04. The molecule has 6 heteroatoms. The Morgan fingerprint density at radius 1 is 1.00 bits per heavy atom. The van der Waals surface area contributed by atoms with Crippen molar-refractivity contribution in [1.82, 2.24) is 0 Å². The molecule has 0 unspecified atom stereocenters. The highest BCUT2D eigenvalue weighted by atomic mass is 35.5. The number of benzene rings is 2. The van der Waals surface area contributed by atoms with Gasteiger partial charge in [-0.1, -0.05) is 29.3 Å². The summed E-state index contributed by atoms with van der Waals surface area (Å²) in [7, 11) is 0. The molecule has 0 spiro atoms. The maximum Gasteiger partial charge on any atom is 0.304 e. The Morgan fingerprint density at radius 3 is 2.17 bits per heavy atom. The van der Waals surface area contributed by atoms with E-state index >= 15 is 0 Å². The lowest BCUT2D eigenvalue weighted by Crippen LogP contribution is -1.92. The van der Waals surface area contributed by atoms with E-state index in [-0.39, 0.29) is 0 Å². The average molecular weight is 286 g/mol. The van der Waals surface area contributed by atoms with Crippen LogP contribution in [0.2, 0.25) is 10.0 Å². The number of nitro benzene ring substituents is 1. The fraction of sp³-hybridized carbons (Fsp3) is 0. The zero-order valence-corrected chi connectivity index (χ0v) is 10.4. The SMILES string of the molecule is O=[N+]([O-])c1ccc(-c2ccc(Cl)c(Cl)c2)cc1F. The summed E-state index contributed by atoms with van der Waals surface area (Å²) >= 11 is 11.6. The molecule has 0 aliphatic rings. The van der Waals surface area contributed by atoms with E-state index in [1.807, 2.05) is 0 Å². The van der Waals surface area contributed by atoms with Crippen LogP contribution in [0.1, 0.15) is 0 Å². The summed E-state index contributed by atoms with van der Waals surface area (Å²) in [6, 6.07) is 8.49. The monoisotopic (exact) mass is 285 g/mol. The van der Waals surface area contributed by atoms with E-state index in [4.69, 9.17) is 23.2 Å². The van der Waals surface area contributed by atoms with E-state index in [1.54, 1.807) is 18.2 Å². The molecule has 2 rings (SSSR count).